The number of carbonyl (C=O) groups excluding carboxylic acids is 1. The van der Waals surface area contributed by atoms with E-state index in [9.17, 15) is 4.79 Å². The van der Waals surface area contributed by atoms with Gasteiger partial charge in [-0.1, -0.05) is 29.8 Å². The molecule has 3 rings (SSSR count). The number of rotatable bonds is 3. The number of benzene rings is 1. The van der Waals surface area contributed by atoms with Gasteiger partial charge in [-0.3, -0.25) is 14.7 Å². The van der Waals surface area contributed by atoms with Crippen molar-refractivity contribution >= 4 is 17.5 Å². The van der Waals surface area contributed by atoms with Crippen LogP contribution in [-0.4, -0.2) is 46.9 Å². The van der Waals surface area contributed by atoms with Gasteiger partial charge in [0.1, 0.15) is 0 Å². The molecular formula is C17H18ClN3O. The summed E-state index contributed by atoms with van der Waals surface area (Å²) in [6.07, 6.45) is 3.67. The number of nitrogens with zero attached hydrogens (tertiary/aromatic N) is 3. The SMILES string of the molecule is O=C(c1ccccc1Cl)N1CCN(Cc2cccnc2)CC1. The van der Waals surface area contributed by atoms with Gasteiger partial charge >= 0.3 is 0 Å². The van der Waals surface area contributed by atoms with E-state index in [1.54, 1.807) is 18.3 Å². The molecule has 1 aromatic heterocycles. The van der Waals surface area contributed by atoms with Crippen molar-refractivity contribution in [1.29, 1.82) is 0 Å². The second-order valence-corrected chi connectivity index (χ2v) is 5.82. The van der Waals surface area contributed by atoms with E-state index in [-0.39, 0.29) is 5.91 Å². The summed E-state index contributed by atoms with van der Waals surface area (Å²) in [5.74, 6) is 0.0200. The largest absolute Gasteiger partial charge is 0.336 e. The summed E-state index contributed by atoms with van der Waals surface area (Å²) in [7, 11) is 0. The molecule has 1 aromatic carbocycles. The number of pyridine rings is 1. The van der Waals surface area contributed by atoms with E-state index < -0.39 is 0 Å². The Morgan fingerprint density at radius 3 is 2.55 bits per heavy atom. The first-order valence-corrected chi connectivity index (χ1v) is 7.77. The maximum absolute atomic E-state index is 12.5. The van der Waals surface area contributed by atoms with Crippen LogP contribution in [0, 0.1) is 0 Å². The highest BCUT2D eigenvalue weighted by Gasteiger charge is 2.23. The van der Waals surface area contributed by atoms with Gasteiger partial charge in [0.05, 0.1) is 10.6 Å². The second-order valence-electron chi connectivity index (χ2n) is 5.41. The Balaban J connectivity index is 1.58. The number of hydrogen-bond donors (Lipinski definition) is 0. The Hall–Kier alpha value is -1.91. The molecule has 1 fully saturated rings. The standard InChI is InChI=1S/C17H18ClN3O/c18-16-6-2-1-5-15(16)17(22)21-10-8-20(9-11-21)13-14-4-3-7-19-12-14/h1-7,12H,8-11,13H2. The van der Waals surface area contributed by atoms with Crippen LogP contribution >= 0.6 is 11.6 Å². The van der Waals surface area contributed by atoms with E-state index in [1.165, 1.54) is 5.56 Å². The van der Waals surface area contributed by atoms with Crippen LogP contribution in [0.4, 0.5) is 0 Å². The summed E-state index contributed by atoms with van der Waals surface area (Å²) >= 11 is 6.11. The Morgan fingerprint density at radius 1 is 1.09 bits per heavy atom. The molecule has 22 heavy (non-hydrogen) atoms. The van der Waals surface area contributed by atoms with Crippen molar-refractivity contribution in [2.75, 3.05) is 26.2 Å². The number of piperazine rings is 1. The molecule has 1 saturated heterocycles. The first-order valence-electron chi connectivity index (χ1n) is 7.39. The Kier molecular flexibility index (Phi) is 4.71. The van der Waals surface area contributed by atoms with Crippen molar-refractivity contribution in [3.8, 4) is 0 Å². The smallest absolute Gasteiger partial charge is 0.255 e. The fraction of sp³-hybridized carbons (Fsp3) is 0.294. The predicted octanol–water partition coefficient (Wildman–Crippen LogP) is 2.69. The molecule has 1 amide bonds. The van der Waals surface area contributed by atoms with Gasteiger partial charge in [0.25, 0.3) is 5.91 Å². The van der Waals surface area contributed by atoms with Crippen LogP contribution in [0.5, 0.6) is 0 Å². The highest BCUT2D eigenvalue weighted by molar-refractivity contribution is 6.33. The number of carbonyl (C=O) groups is 1. The van der Waals surface area contributed by atoms with E-state index >= 15 is 0 Å². The summed E-state index contributed by atoms with van der Waals surface area (Å²) < 4.78 is 0. The van der Waals surface area contributed by atoms with Gasteiger partial charge in [-0.05, 0) is 23.8 Å². The van der Waals surface area contributed by atoms with Crippen molar-refractivity contribution in [2.45, 2.75) is 6.54 Å². The van der Waals surface area contributed by atoms with Crippen LogP contribution in [0.2, 0.25) is 5.02 Å². The van der Waals surface area contributed by atoms with Gasteiger partial charge in [-0.15, -0.1) is 0 Å². The molecule has 1 aliphatic heterocycles. The molecule has 2 aromatic rings. The third-order valence-electron chi connectivity index (χ3n) is 3.89. The van der Waals surface area contributed by atoms with Crippen molar-refractivity contribution in [2.24, 2.45) is 0 Å². The third-order valence-corrected chi connectivity index (χ3v) is 4.22. The highest BCUT2D eigenvalue weighted by Crippen LogP contribution is 2.18. The Morgan fingerprint density at radius 2 is 1.86 bits per heavy atom. The maximum atomic E-state index is 12.5. The number of amides is 1. The lowest BCUT2D eigenvalue weighted by Gasteiger charge is -2.34. The van der Waals surface area contributed by atoms with Crippen molar-refractivity contribution < 1.29 is 4.79 Å². The van der Waals surface area contributed by atoms with Gasteiger partial charge in [-0.25, -0.2) is 0 Å². The van der Waals surface area contributed by atoms with Gasteiger partial charge < -0.3 is 4.90 Å². The number of hydrogen-bond acceptors (Lipinski definition) is 3. The second kappa shape index (κ2) is 6.90. The number of halogens is 1. The van der Waals surface area contributed by atoms with E-state index in [4.69, 9.17) is 11.6 Å². The molecule has 0 atom stereocenters. The summed E-state index contributed by atoms with van der Waals surface area (Å²) in [6, 6.07) is 11.3. The molecule has 0 spiro atoms. The lowest BCUT2D eigenvalue weighted by atomic mass is 10.1. The molecule has 0 N–H and O–H groups in total. The molecule has 0 radical (unpaired) electrons. The zero-order valence-corrected chi connectivity index (χ0v) is 13.0. The van der Waals surface area contributed by atoms with Gasteiger partial charge in [0.15, 0.2) is 0 Å². The van der Waals surface area contributed by atoms with Crippen LogP contribution in [0.3, 0.4) is 0 Å². The van der Waals surface area contributed by atoms with Crippen LogP contribution in [0.25, 0.3) is 0 Å². The van der Waals surface area contributed by atoms with Crippen LogP contribution in [-0.2, 0) is 6.54 Å². The molecule has 5 heteroatoms. The van der Waals surface area contributed by atoms with Crippen LogP contribution in [0.1, 0.15) is 15.9 Å². The fourth-order valence-corrected chi connectivity index (χ4v) is 2.88. The monoisotopic (exact) mass is 315 g/mol. The van der Waals surface area contributed by atoms with E-state index in [0.717, 1.165) is 32.7 Å². The van der Waals surface area contributed by atoms with E-state index in [0.29, 0.717) is 10.6 Å². The Labute approximate surface area is 135 Å². The van der Waals surface area contributed by atoms with E-state index in [2.05, 4.69) is 16.0 Å². The van der Waals surface area contributed by atoms with Crippen molar-refractivity contribution in [1.82, 2.24) is 14.8 Å². The summed E-state index contributed by atoms with van der Waals surface area (Å²) in [4.78, 5) is 20.9. The molecule has 1 aliphatic rings. The summed E-state index contributed by atoms with van der Waals surface area (Å²) in [5, 5.41) is 0.519. The van der Waals surface area contributed by atoms with E-state index in [1.807, 2.05) is 29.3 Å². The zero-order chi connectivity index (χ0) is 15.4. The summed E-state index contributed by atoms with van der Waals surface area (Å²) in [6.45, 7) is 4.06. The minimum absolute atomic E-state index is 0.0200. The molecule has 4 nitrogen and oxygen atoms in total. The molecule has 114 valence electrons. The van der Waals surface area contributed by atoms with Gasteiger partial charge in [-0.2, -0.15) is 0 Å². The quantitative estimate of drug-likeness (QED) is 0.874. The lowest BCUT2D eigenvalue weighted by molar-refractivity contribution is 0.0628. The molecular weight excluding hydrogens is 298 g/mol. The maximum Gasteiger partial charge on any atom is 0.255 e. The van der Waals surface area contributed by atoms with Gasteiger partial charge in [0.2, 0.25) is 0 Å². The molecule has 0 saturated carbocycles. The number of aromatic nitrogens is 1. The normalized spacial score (nSPS) is 15.8. The van der Waals surface area contributed by atoms with Crippen LogP contribution in [0.15, 0.2) is 48.8 Å². The van der Waals surface area contributed by atoms with Crippen LogP contribution < -0.4 is 0 Å². The molecule has 0 aliphatic carbocycles. The molecule has 2 heterocycles. The average Bonchev–Trinajstić information content (AvgIpc) is 2.56. The third kappa shape index (κ3) is 3.46. The zero-order valence-electron chi connectivity index (χ0n) is 12.3. The molecule has 0 unspecified atom stereocenters. The first-order chi connectivity index (χ1) is 10.7. The first kappa shape index (κ1) is 15.0. The van der Waals surface area contributed by atoms with Crippen molar-refractivity contribution in [3.05, 3.63) is 64.9 Å². The lowest BCUT2D eigenvalue weighted by Crippen LogP contribution is -2.48. The molecule has 0 bridgehead atoms. The fourth-order valence-electron chi connectivity index (χ4n) is 2.66. The topological polar surface area (TPSA) is 36.4 Å². The predicted molar refractivity (Wildman–Crippen MR) is 86.9 cm³/mol. The minimum Gasteiger partial charge on any atom is -0.336 e. The summed E-state index contributed by atoms with van der Waals surface area (Å²) in [5.41, 5.74) is 1.79. The Bertz CT molecular complexity index is 639. The van der Waals surface area contributed by atoms with Gasteiger partial charge in [0, 0.05) is 45.1 Å². The minimum atomic E-state index is 0.0200. The average molecular weight is 316 g/mol. The van der Waals surface area contributed by atoms with Crippen molar-refractivity contribution in [3.63, 3.8) is 0 Å². The highest BCUT2D eigenvalue weighted by atomic mass is 35.5.